The molecule has 1 unspecified atom stereocenters. The summed E-state index contributed by atoms with van der Waals surface area (Å²) in [7, 11) is 1.58. The van der Waals surface area contributed by atoms with Crippen LogP contribution in [0, 0.1) is 5.92 Å². The van der Waals surface area contributed by atoms with E-state index in [2.05, 4.69) is 5.16 Å². The van der Waals surface area contributed by atoms with Gasteiger partial charge in [-0.2, -0.15) is 0 Å². The fourth-order valence-corrected chi connectivity index (χ4v) is 2.51. The molecule has 6 nitrogen and oxygen atoms in total. The number of methoxy groups -OCH3 is 1. The number of rotatable bonds is 5. The van der Waals surface area contributed by atoms with E-state index in [4.69, 9.17) is 15.0 Å². The Labute approximate surface area is 112 Å². The fraction of sp³-hybridized carbons (Fsp3) is 0.692. The first-order valence-electron chi connectivity index (χ1n) is 6.68. The summed E-state index contributed by atoms with van der Waals surface area (Å²) in [4.78, 5) is 14.1. The standard InChI is InChI=1S/C13H21N3O3/c1-18-9-11-7-12(15-19-11)13(17)16-6-2-3-10(8-16)4-5-14/h7,10H,2-6,8-9,14H2,1H3. The minimum Gasteiger partial charge on any atom is -0.377 e. The van der Waals surface area contributed by atoms with Gasteiger partial charge in [0.25, 0.3) is 5.91 Å². The lowest BCUT2D eigenvalue weighted by molar-refractivity contribution is 0.0658. The zero-order valence-electron chi connectivity index (χ0n) is 11.3. The average Bonchev–Trinajstić information content (AvgIpc) is 2.88. The quantitative estimate of drug-likeness (QED) is 0.861. The Balaban J connectivity index is 1.97. The number of carbonyl (C=O) groups is 1. The van der Waals surface area contributed by atoms with Crippen molar-refractivity contribution in [2.24, 2.45) is 11.7 Å². The molecule has 2 N–H and O–H groups in total. The molecular weight excluding hydrogens is 246 g/mol. The smallest absolute Gasteiger partial charge is 0.276 e. The zero-order chi connectivity index (χ0) is 13.7. The number of aromatic nitrogens is 1. The van der Waals surface area contributed by atoms with E-state index in [1.165, 1.54) is 0 Å². The second-order valence-electron chi connectivity index (χ2n) is 4.95. The van der Waals surface area contributed by atoms with Gasteiger partial charge in [-0.3, -0.25) is 4.79 Å². The lowest BCUT2D eigenvalue weighted by Crippen LogP contribution is -2.40. The second-order valence-corrected chi connectivity index (χ2v) is 4.95. The molecule has 0 radical (unpaired) electrons. The van der Waals surface area contributed by atoms with Gasteiger partial charge in [0.15, 0.2) is 11.5 Å². The Morgan fingerprint density at radius 2 is 2.53 bits per heavy atom. The summed E-state index contributed by atoms with van der Waals surface area (Å²) in [6.07, 6.45) is 3.14. The van der Waals surface area contributed by atoms with Crippen molar-refractivity contribution in [1.29, 1.82) is 0 Å². The minimum absolute atomic E-state index is 0.0622. The molecule has 106 valence electrons. The van der Waals surface area contributed by atoms with Crippen molar-refractivity contribution in [3.05, 3.63) is 17.5 Å². The van der Waals surface area contributed by atoms with Gasteiger partial charge in [-0.1, -0.05) is 5.16 Å². The molecule has 1 amide bonds. The summed E-state index contributed by atoms with van der Waals surface area (Å²) in [6.45, 7) is 2.56. The number of piperidine rings is 1. The van der Waals surface area contributed by atoms with Crippen LogP contribution in [0.15, 0.2) is 10.6 Å². The maximum absolute atomic E-state index is 12.3. The van der Waals surface area contributed by atoms with E-state index in [1.54, 1.807) is 13.2 Å². The van der Waals surface area contributed by atoms with Gasteiger partial charge in [0.05, 0.1) is 0 Å². The van der Waals surface area contributed by atoms with Crippen LogP contribution < -0.4 is 5.73 Å². The summed E-state index contributed by atoms with van der Waals surface area (Å²) >= 11 is 0. The first-order valence-corrected chi connectivity index (χ1v) is 6.68. The topological polar surface area (TPSA) is 81.6 Å². The highest BCUT2D eigenvalue weighted by molar-refractivity contribution is 5.92. The third-order valence-corrected chi connectivity index (χ3v) is 3.45. The maximum Gasteiger partial charge on any atom is 0.276 e. The average molecular weight is 267 g/mol. The Morgan fingerprint density at radius 3 is 3.26 bits per heavy atom. The number of hydrogen-bond acceptors (Lipinski definition) is 5. The largest absolute Gasteiger partial charge is 0.377 e. The van der Waals surface area contributed by atoms with Gasteiger partial charge < -0.3 is 19.9 Å². The van der Waals surface area contributed by atoms with Gasteiger partial charge in [-0.15, -0.1) is 0 Å². The van der Waals surface area contributed by atoms with Crippen molar-refractivity contribution in [2.45, 2.75) is 25.9 Å². The molecule has 0 aromatic carbocycles. The number of likely N-dealkylation sites (tertiary alicyclic amines) is 1. The van der Waals surface area contributed by atoms with Crippen molar-refractivity contribution < 1.29 is 14.1 Å². The van der Waals surface area contributed by atoms with Gasteiger partial charge in [0.1, 0.15) is 6.61 Å². The molecule has 0 aliphatic carbocycles. The van der Waals surface area contributed by atoms with Crippen LogP contribution in [0.4, 0.5) is 0 Å². The first-order chi connectivity index (χ1) is 9.24. The van der Waals surface area contributed by atoms with E-state index in [0.29, 0.717) is 30.5 Å². The fourth-order valence-electron chi connectivity index (χ4n) is 2.51. The summed E-state index contributed by atoms with van der Waals surface area (Å²) < 4.78 is 9.99. The number of nitrogens with zero attached hydrogens (tertiary/aromatic N) is 2. The Kier molecular flexibility index (Phi) is 4.93. The van der Waals surface area contributed by atoms with E-state index >= 15 is 0 Å². The zero-order valence-corrected chi connectivity index (χ0v) is 11.3. The van der Waals surface area contributed by atoms with Crippen LogP contribution >= 0.6 is 0 Å². The highest BCUT2D eigenvalue weighted by Crippen LogP contribution is 2.20. The third-order valence-electron chi connectivity index (χ3n) is 3.45. The molecule has 0 spiro atoms. The van der Waals surface area contributed by atoms with E-state index in [0.717, 1.165) is 32.4 Å². The third kappa shape index (κ3) is 3.54. The number of hydrogen-bond donors (Lipinski definition) is 1. The highest BCUT2D eigenvalue weighted by atomic mass is 16.5. The Morgan fingerprint density at radius 1 is 1.68 bits per heavy atom. The van der Waals surface area contributed by atoms with Crippen LogP contribution in [0.5, 0.6) is 0 Å². The molecule has 1 aliphatic heterocycles. The number of ether oxygens (including phenoxy) is 1. The molecule has 1 aliphatic rings. The van der Waals surface area contributed by atoms with E-state index < -0.39 is 0 Å². The normalized spacial score (nSPS) is 19.7. The van der Waals surface area contributed by atoms with Crippen LogP contribution in [0.2, 0.25) is 0 Å². The summed E-state index contributed by atoms with van der Waals surface area (Å²) in [5, 5.41) is 3.81. The van der Waals surface area contributed by atoms with Crippen molar-refractivity contribution in [3.8, 4) is 0 Å². The molecule has 2 heterocycles. The molecule has 1 aromatic heterocycles. The minimum atomic E-state index is -0.0622. The monoisotopic (exact) mass is 267 g/mol. The van der Waals surface area contributed by atoms with Gasteiger partial charge in [0.2, 0.25) is 0 Å². The molecule has 1 fully saturated rings. The predicted molar refractivity (Wildman–Crippen MR) is 69.5 cm³/mol. The molecule has 0 bridgehead atoms. The van der Waals surface area contributed by atoms with Gasteiger partial charge in [-0.25, -0.2) is 0 Å². The van der Waals surface area contributed by atoms with Crippen molar-refractivity contribution in [2.75, 3.05) is 26.7 Å². The molecule has 2 rings (SSSR count). The summed E-state index contributed by atoms with van der Waals surface area (Å²) in [5.74, 6) is 1.02. The molecule has 0 saturated carbocycles. The van der Waals surface area contributed by atoms with E-state index in [-0.39, 0.29) is 5.91 Å². The van der Waals surface area contributed by atoms with Crippen LogP contribution in [0.3, 0.4) is 0 Å². The number of carbonyl (C=O) groups excluding carboxylic acids is 1. The van der Waals surface area contributed by atoms with Gasteiger partial charge >= 0.3 is 0 Å². The van der Waals surface area contributed by atoms with Crippen molar-refractivity contribution in [1.82, 2.24) is 10.1 Å². The molecule has 6 heteroatoms. The van der Waals surface area contributed by atoms with Crippen LogP contribution in [0.1, 0.15) is 35.5 Å². The van der Waals surface area contributed by atoms with Gasteiger partial charge in [-0.05, 0) is 31.7 Å². The number of nitrogens with two attached hydrogens (primary N) is 1. The summed E-state index contributed by atoms with van der Waals surface area (Å²) in [6, 6.07) is 1.65. The Hall–Kier alpha value is -1.40. The highest BCUT2D eigenvalue weighted by Gasteiger charge is 2.26. The van der Waals surface area contributed by atoms with Crippen LogP contribution in [-0.2, 0) is 11.3 Å². The molecule has 1 saturated heterocycles. The lowest BCUT2D eigenvalue weighted by Gasteiger charge is -2.32. The first kappa shape index (κ1) is 14.0. The maximum atomic E-state index is 12.3. The van der Waals surface area contributed by atoms with Crippen molar-refractivity contribution >= 4 is 5.91 Å². The second kappa shape index (κ2) is 6.68. The van der Waals surface area contributed by atoms with Gasteiger partial charge in [0, 0.05) is 26.3 Å². The predicted octanol–water partition coefficient (Wildman–Crippen LogP) is 1.02. The Bertz CT molecular complexity index is 417. The SMILES string of the molecule is COCc1cc(C(=O)N2CCCC(CCN)C2)no1. The molecule has 19 heavy (non-hydrogen) atoms. The summed E-state index contributed by atoms with van der Waals surface area (Å²) in [5.41, 5.74) is 5.95. The number of amides is 1. The van der Waals surface area contributed by atoms with E-state index in [9.17, 15) is 4.79 Å². The lowest BCUT2D eigenvalue weighted by atomic mass is 9.94. The van der Waals surface area contributed by atoms with Crippen molar-refractivity contribution in [3.63, 3.8) is 0 Å². The molecule has 1 aromatic rings. The van der Waals surface area contributed by atoms with Crippen LogP contribution in [-0.4, -0.2) is 42.7 Å². The van der Waals surface area contributed by atoms with Crippen LogP contribution in [0.25, 0.3) is 0 Å². The van der Waals surface area contributed by atoms with E-state index in [1.807, 2.05) is 4.90 Å². The molecule has 1 atom stereocenters. The molecular formula is C13H21N3O3.